The fraction of sp³-hybridized carbons (Fsp3) is 0. The van der Waals surface area contributed by atoms with Gasteiger partial charge in [0, 0.05) is 43.4 Å². The fourth-order valence-electron chi connectivity index (χ4n) is 8.85. The summed E-state index contributed by atoms with van der Waals surface area (Å²) in [5.74, 6) is 0. The van der Waals surface area contributed by atoms with Crippen LogP contribution in [-0.2, 0) is 0 Å². The second-order valence-corrected chi connectivity index (χ2v) is 14.2. The van der Waals surface area contributed by atoms with Crippen LogP contribution >= 0.6 is 0 Å². The minimum absolute atomic E-state index is 0.821. The Bertz CT molecular complexity index is 3420. The van der Waals surface area contributed by atoms with Crippen molar-refractivity contribution in [2.24, 2.45) is 0 Å². The molecule has 12 rings (SSSR count). The summed E-state index contributed by atoms with van der Waals surface area (Å²) in [6.07, 6.45) is 0. The van der Waals surface area contributed by atoms with E-state index in [9.17, 15) is 0 Å². The Labute approximate surface area is 320 Å². The SMILES string of the molecule is c1ccc(-c2nnn(-c3ccccc3)c2-c2cccc3c4ccccc4n(-c4ccccc4-n4c5ccccc5c5ccc6c7ccccc7oc6c54)c23)cc1. The third-order valence-electron chi connectivity index (χ3n) is 11.2. The summed E-state index contributed by atoms with van der Waals surface area (Å²) < 4.78 is 13.6. The molecule has 4 heterocycles. The number of benzene rings is 8. The average Bonchev–Trinajstić information content (AvgIpc) is 4.04. The first-order valence-electron chi connectivity index (χ1n) is 18.9. The average molecular weight is 718 g/mol. The van der Waals surface area contributed by atoms with E-state index >= 15 is 0 Å². The van der Waals surface area contributed by atoms with Crippen LogP contribution < -0.4 is 0 Å². The van der Waals surface area contributed by atoms with Gasteiger partial charge in [-0.3, -0.25) is 0 Å². The van der Waals surface area contributed by atoms with Gasteiger partial charge in [0.1, 0.15) is 17.0 Å². The fourth-order valence-corrected chi connectivity index (χ4v) is 8.85. The maximum atomic E-state index is 6.76. The van der Waals surface area contributed by atoms with Crippen molar-refractivity contribution in [3.05, 3.63) is 188 Å². The van der Waals surface area contributed by atoms with E-state index in [4.69, 9.17) is 14.7 Å². The molecule has 6 nitrogen and oxygen atoms in total. The highest BCUT2D eigenvalue weighted by Gasteiger charge is 2.26. The van der Waals surface area contributed by atoms with Crippen molar-refractivity contribution >= 4 is 65.6 Å². The predicted molar refractivity (Wildman–Crippen MR) is 228 cm³/mol. The van der Waals surface area contributed by atoms with E-state index in [0.717, 1.165) is 94.4 Å². The second-order valence-electron chi connectivity index (χ2n) is 14.2. The monoisotopic (exact) mass is 717 g/mol. The molecule has 8 aromatic carbocycles. The lowest BCUT2D eigenvalue weighted by Gasteiger charge is -2.18. The smallest absolute Gasteiger partial charge is 0.160 e. The first-order valence-corrected chi connectivity index (χ1v) is 18.9. The largest absolute Gasteiger partial charge is 0.454 e. The molecule has 0 unspecified atom stereocenters. The van der Waals surface area contributed by atoms with Gasteiger partial charge in [0.25, 0.3) is 0 Å². The Balaban J connectivity index is 1.23. The zero-order valence-corrected chi connectivity index (χ0v) is 30.0. The first kappa shape index (κ1) is 30.7. The van der Waals surface area contributed by atoms with E-state index in [1.165, 1.54) is 10.8 Å². The summed E-state index contributed by atoms with van der Waals surface area (Å²) in [5.41, 5.74) is 12.9. The van der Waals surface area contributed by atoms with Crippen molar-refractivity contribution in [1.29, 1.82) is 0 Å². The third kappa shape index (κ3) is 4.32. The summed E-state index contributed by atoms with van der Waals surface area (Å²) >= 11 is 0. The van der Waals surface area contributed by atoms with Gasteiger partial charge in [-0.2, -0.15) is 0 Å². The molecule has 0 atom stereocenters. The molecule has 0 bridgehead atoms. The van der Waals surface area contributed by atoms with Crippen molar-refractivity contribution < 1.29 is 4.42 Å². The Morgan fingerprint density at radius 1 is 0.411 bits per heavy atom. The van der Waals surface area contributed by atoms with Crippen LogP contribution in [0.25, 0.3) is 105 Å². The van der Waals surface area contributed by atoms with E-state index in [1.807, 2.05) is 35.0 Å². The number of rotatable bonds is 5. The predicted octanol–water partition coefficient (Wildman–Crippen LogP) is 12.7. The van der Waals surface area contributed by atoms with Crippen molar-refractivity contribution in [2.45, 2.75) is 0 Å². The van der Waals surface area contributed by atoms with E-state index in [0.29, 0.717) is 0 Å². The highest BCUT2D eigenvalue weighted by Crippen LogP contribution is 2.45. The van der Waals surface area contributed by atoms with Crippen molar-refractivity contribution in [2.75, 3.05) is 0 Å². The number of fused-ring (bicyclic) bond motifs is 10. The zero-order chi connectivity index (χ0) is 36.7. The van der Waals surface area contributed by atoms with Gasteiger partial charge in [-0.1, -0.05) is 145 Å². The molecule has 56 heavy (non-hydrogen) atoms. The minimum atomic E-state index is 0.821. The van der Waals surface area contributed by atoms with Crippen LogP contribution in [0.2, 0.25) is 0 Å². The summed E-state index contributed by atoms with van der Waals surface area (Å²) in [6.45, 7) is 0. The molecule has 0 saturated heterocycles. The van der Waals surface area contributed by atoms with Crippen LogP contribution in [0, 0.1) is 0 Å². The Morgan fingerprint density at radius 3 is 1.70 bits per heavy atom. The molecule has 0 spiro atoms. The van der Waals surface area contributed by atoms with Crippen LogP contribution in [0.4, 0.5) is 0 Å². The standard InChI is InChI=1S/C50H31N5O/c1-3-16-32(17-4-1)46-48(55(52-51-46)33-18-5-2-6-19-33)40-24-15-23-37-34-20-7-10-25-41(34)53(47(37)40)43-27-12-13-28-44(43)54-42-26-11-8-21-35(42)38-30-31-39-36-22-9-14-29-45(36)56-50(39)49(38)54/h1-31H. The van der Waals surface area contributed by atoms with Gasteiger partial charge < -0.3 is 13.6 Å². The number of furan rings is 1. The lowest BCUT2D eigenvalue weighted by Crippen LogP contribution is -2.05. The van der Waals surface area contributed by atoms with Crippen LogP contribution in [0.1, 0.15) is 0 Å². The van der Waals surface area contributed by atoms with Crippen molar-refractivity contribution in [3.63, 3.8) is 0 Å². The van der Waals surface area contributed by atoms with Gasteiger partial charge >= 0.3 is 0 Å². The van der Waals surface area contributed by atoms with Gasteiger partial charge in [-0.05, 0) is 48.5 Å². The van der Waals surface area contributed by atoms with Crippen molar-refractivity contribution in [3.8, 4) is 39.6 Å². The molecule has 12 aromatic rings. The summed E-state index contributed by atoms with van der Waals surface area (Å²) in [5, 5.41) is 16.5. The molecular formula is C50H31N5O. The van der Waals surface area contributed by atoms with E-state index < -0.39 is 0 Å². The molecule has 262 valence electrons. The maximum Gasteiger partial charge on any atom is 0.160 e. The Hall–Kier alpha value is -7.70. The van der Waals surface area contributed by atoms with Crippen LogP contribution in [-0.4, -0.2) is 24.1 Å². The number of nitrogens with zero attached hydrogens (tertiary/aromatic N) is 5. The highest BCUT2D eigenvalue weighted by molar-refractivity contribution is 6.22. The molecular weight excluding hydrogens is 687 g/mol. The zero-order valence-electron chi connectivity index (χ0n) is 30.0. The number of aromatic nitrogens is 5. The van der Waals surface area contributed by atoms with Gasteiger partial charge in [0.15, 0.2) is 5.58 Å². The molecule has 0 N–H and O–H groups in total. The summed E-state index contributed by atoms with van der Waals surface area (Å²) in [6, 6.07) is 66.1. The van der Waals surface area contributed by atoms with E-state index in [-0.39, 0.29) is 0 Å². The normalized spacial score (nSPS) is 11.9. The van der Waals surface area contributed by atoms with Crippen LogP contribution in [0.3, 0.4) is 0 Å². The molecule has 4 aromatic heterocycles. The number of para-hydroxylation sites is 7. The molecule has 0 radical (unpaired) electrons. The minimum Gasteiger partial charge on any atom is -0.454 e. The molecule has 0 aliphatic carbocycles. The number of hydrogen-bond acceptors (Lipinski definition) is 3. The molecule has 6 heteroatoms. The van der Waals surface area contributed by atoms with Gasteiger partial charge in [-0.25, -0.2) is 4.68 Å². The lowest BCUT2D eigenvalue weighted by molar-refractivity contribution is 0.671. The molecule has 0 amide bonds. The second kappa shape index (κ2) is 11.9. The van der Waals surface area contributed by atoms with Crippen LogP contribution in [0.15, 0.2) is 192 Å². The summed E-state index contributed by atoms with van der Waals surface area (Å²) in [4.78, 5) is 0. The molecule has 0 aliphatic heterocycles. The molecule has 0 saturated carbocycles. The van der Waals surface area contributed by atoms with Gasteiger partial charge in [-0.15, -0.1) is 5.10 Å². The van der Waals surface area contributed by atoms with Crippen LogP contribution in [0.5, 0.6) is 0 Å². The van der Waals surface area contributed by atoms with Gasteiger partial charge in [0.05, 0.1) is 39.1 Å². The molecule has 0 aliphatic rings. The first-order chi connectivity index (χ1) is 27.8. The topological polar surface area (TPSA) is 53.7 Å². The lowest BCUT2D eigenvalue weighted by atomic mass is 10.0. The molecule has 0 fully saturated rings. The van der Waals surface area contributed by atoms with E-state index in [2.05, 4.69) is 167 Å². The Kier molecular flexibility index (Phi) is 6.53. The number of hydrogen-bond donors (Lipinski definition) is 0. The van der Waals surface area contributed by atoms with E-state index in [1.54, 1.807) is 0 Å². The summed E-state index contributed by atoms with van der Waals surface area (Å²) in [7, 11) is 0. The Morgan fingerprint density at radius 2 is 0.964 bits per heavy atom. The quantitative estimate of drug-likeness (QED) is 0.178. The highest BCUT2D eigenvalue weighted by atomic mass is 16.3. The van der Waals surface area contributed by atoms with Crippen molar-refractivity contribution in [1.82, 2.24) is 24.1 Å². The maximum absolute atomic E-state index is 6.76. The van der Waals surface area contributed by atoms with Gasteiger partial charge in [0.2, 0.25) is 0 Å². The third-order valence-corrected chi connectivity index (χ3v) is 11.2.